The molecule has 0 aromatic heterocycles. The predicted molar refractivity (Wildman–Crippen MR) is 150 cm³/mol. The van der Waals surface area contributed by atoms with Crippen LogP contribution < -0.4 is 5.11 Å². The van der Waals surface area contributed by atoms with Gasteiger partial charge >= 0.3 is 5.97 Å². The third-order valence-electron chi connectivity index (χ3n) is 6.93. The Morgan fingerprint density at radius 1 is 0.611 bits per heavy atom. The Kier molecular flexibility index (Phi) is 23.5. The van der Waals surface area contributed by atoms with Crippen molar-refractivity contribution < 1.29 is 23.9 Å². The van der Waals surface area contributed by atoms with Crippen molar-refractivity contribution in [2.24, 2.45) is 0 Å². The van der Waals surface area contributed by atoms with Gasteiger partial charge in [0.2, 0.25) is 0 Å². The zero-order valence-electron chi connectivity index (χ0n) is 24.6. The van der Waals surface area contributed by atoms with Gasteiger partial charge in [0.15, 0.2) is 6.10 Å². The summed E-state index contributed by atoms with van der Waals surface area (Å²) >= 11 is 0. The molecular formula is C31H61NO4. The average Bonchev–Trinajstić information content (AvgIpc) is 2.78. The molecule has 0 saturated carbocycles. The first kappa shape index (κ1) is 34.9. The Morgan fingerprint density at radius 2 is 0.944 bits per heavy atom. The molecule has 0 unspecified atom stereocenters. The molecule has 1 atom stereocenters. The Labute approximate surface area is 224 Å². The molecule has 0 radical (unpaired) electrons. The molecule has 0 bridgehead atoms. The van der Waals surface area contributed by atoms with E-state index in [2.05, 4.69) is 6.92 Å². The first-order valence-corrected chi connectivity index (χ1v) is 15.4. The smallest absolute Gasteiger partial charge is 0.306 e. The first-order chi connectivity index (χ1) is 17.2. The number of carboxylic acids is 1. The second kappa shape index (κ2) is 24.2. The highest BCUT2D eigenvalue weighted by Gasteiger charge is 2.22. The molecule has 0 aromatic carbocycles. The Morgan fingerprint density at radius 3 is 1.25 bits per heavy atom. The molecule has 5 heteroatoms. The number of hydrogen-bond acceptors (Lipinski definition) is 4. The number of carboxylic acid groups (broad SMARTS) is 1. The van der Waals surface area contributed by atoms with Crippen LogP contribution in [0.2, 0.25) is 0 Å². The summed E-state index contributed by atoms with van der Waals surface area (Å²) in [6.07, 6.45) is 27.6. The molecule has 214 valence electrons. The van der Waals surface area contributed by atoms with Crippen LogP contribution in [-0.2, 0) is 14.3 Å². The van der Waals surface area contributed by atoms with E-state index in [-0.39, 0.29) is 12.4 Å². The van der Waals surface area contributed by atoms with Gasteiger partial charge in [0, 0.05) is 18.8 Å². The minimum absolute atomic E-state index is 0.236. The van der Waals surface area contributed by atoms with Gasteiger partial charge in [0.05, 0.1) is 21.1 Å². The fraction of sp³-hybridized carbons (Fsp3) is 0.935. The van der Waals surface area contributed by atoms with Crippen molar-refractivity contribution >= 4 is 11.9 Å². The number of quaternary nitrogens is 1. The molecule has 0 aliphatic carbocycles. The van der Waals surface area contributed by atoms with E-state index in [0.717, 1.165) is 19.3 Å². The van der Waals surface area contributed by atoms with Gasteiger partial charge in [0.25, 0.3) is 0 Å². The number of aliphatic carboxylic acids is 1. The lowest BCUT2D eigenvalue weighted by Crippen LogP contribution is -2.45. The molecule has 0 heterocycles. The number of unbranched alkanes of at least 4 members (excludes halogenated alkanes) is 20. The van der Waals surface area contributed by atoms with E-state index in [1.165, 1.54) is 116 Å². The van der Waals surface area contributed by atoms with Gasteiger partial charge in [-0.15, -0.1) is 0 Å². The highest BCUT2D eigenvalue weighted by molar-refractivity contribution is 5.70. The molecule has 0 fully saturated rings. The fourth-order valence-electron chi connectivity index (χ4n) is 4.89. The predicted octanol–water partition coefficient (Wildman–Crippen LogP) is 7.35. The summed E-state index contributed by atoms with van der Waals surface area (Å²) in [6, 6.07) is 0. The van der Waals surface area contributed by atoms with E-state index < -0.39 is 12.1 Å². The van der Waals surface area contributed by atoms with Crippen LogP contribution in [0.3, 0.4) is 0 Å². The normalized spacial score (nSPS) is 12.6. The van der Waals surface area contributed by atoms with Crippen molar-refractivity contribution in [3.05, 3.63) is 0 Å². The summed E-state index contributed by atoms with van der Waals surface area (Å²) < 4.78 is 5.95. The summed E-state index contributed by atoms with van der Waals surface area (Å²) in [5.74, 6) is -1.46. The summed E-state index contributed by atoms with van der Waals surface area (Å²) in [6.45, 7) is 2.75. The van der Waals surface area contributed by atoms with Crippen molar-refractivity contribution in [2.75, 3.05) is 27.7 Å². The summed E-state index contributed by atoms with van der Waals surface area (Å²) in [7, 11) is 5.86. The molecule has 0 aliphatic rings. The maximum atomic E-state index is 12.1. The Bertz CT molecular complexity index is 515. The Hall–Kier alpha value is -1.10. The van der Waals surface area contributed by atoms with Crippen LogP contribution >= 0.6 is 0 Å². The number of esters is 1. The van der Waals surface area contributed by atoms with Gasteiger partial charge in [-0.05, 0) is 6.42 Å². The Balaban J connectivity index is 3.41. The maximum Gasteiger partial charge on any atom is 0.306 e. The van der Waals surface area contributed by atoms with E-state index in [0.29, 0.717) is 17.4 Å². The number of carbonyl (C=O) groups excluding carboxylic acids is 2. The molecule has 0 rings (SSSR count). The summed E-state index contributed by atoms with van der Waals surface area (Å²) in [5.41, 5.74) is 0. The highest BCUT2D eigenvalue weighted by Crippen LogP contribution is 2.15. The number of ether oxygens (including phenoxy) is 1. The average molecular weight is 512 g/mol. The number of likely N-dealkylation sites (N-methyl/N-ethyl adjacent to an activating group) is 1. The molecular weight excluding hydrogens is 450 g/mol. The van der Waals surface area contributed by atoms with Crippen LogP contribution in [0.25, 0.3) is 0 Å². The van der Waals surface area contributed by atoms with Crippen molar-refractivity contribution in [2.45, 2.75) is 161 Å². The highest BCUT2D eigenvalue weighted by atomic mass is 16.5. The van der Waals surface area contributed by atoms with Crippen LogP contribution in [0.1, 0.15) is 155 Å². The van der Waals surface area contributed by atoms with Gasteiger partial charge in [-0.2, -0.15) is 0 Å². The molecule has 0 spiro atoms. The largest absolute Gasteiger partial charge is 0.550 e. The molecule has 0 aromatic rings. The van der Waals surface area contributed by atoms with Gasteiger partial charge < -0.3 is 19.1 Å². The first-order valence-electron chi connectivity index (χ1n) is 15.4. The topological polar surface area (TPSA) is 66.4 Å². The summed E-state index contributed by atoms with van der Waals surface area (Å²) in [4.78, 5) is 23.0. The van der Waals surface area contributed by atoms with Crippen LogP contribution in [0.4, 0.5) is 0 Å². The molecule has 0 N–H and O–H groups in total. The zero-order valence-corrected chi connectivity index (χ0v) is 24.6. The van der Waals surface area contributed by atoms with Gasteiger partial charge in [-0.25, -0.2) is 0 Å². The van der Waals surface area contributed by atoms with E-state index in [4.69, 9.17) is 4.74 Å². The third-order valence-corrected chi connectivity index (χ3v) is 6.93. The van der Waals surface area contributed by atoms with Gasteiger partial charge in [0.1, 0.15) is 6.54 Å². The van der Waals surface area contributed by atoms with Gasteiger partial charge in [-0.3, -0.25) is 4.79 Å². The van der Waals surface area contributed by atoms with Crippen LogP contribution in [0.5, 0.6) is 0 Å². The minimum atomic E-state index is -1.17. The second-order valence-corrected chi connectivity index (χ2v) is 12.0. The van der Waals surface area contributed by atoms with E-state index in [1.54, 1.807) is 0 Å². The maximum absolute atomic E-state index is 12.1. The van der Waals surface area contributed by atoms with Crippen molar-refractivity contribution in [3.63, 3.8) is 0 Å². The molecule has 0 saturated heterocycles. The monoisotopic (exact) mass is 511 g/mol. The number of nitrogens with zero attached hydrogens (tertiary/aromatic N) is 1. The number of rotatable bonds is 27. The molecule has 5 nitrogen and oxygen atoms in total. The van der Waals surface area contributed by atoms with Crippen molar-refractivity contribution in [1.82, 2.24) is 0 Å². The van der Waals surface area contributed by atoms with Crippen molar-refractivity contribution in [1.29, 1.82) is 0 Å². The quantitative estimate of drug-likeness (QED) is 0.0657. The lowest BCUT2D eigenvalue weighted by atomic mass is 10.0. The SMILES string of the molecule is CCCCCCCCCCCCCCCCCCCCCCCC(=O)O[C@H](CC(=O)[O-])C[N+](C)(C)C. The molecule has 36 heavy (non-hydrogen) atoms. The summed E-state index contributed by atoms with van der Waals surface area (Å²) in [5, 5.41) is 10.9. The number of hydrogen-bond donors (Lipinski definition) is 0. The number of carbonyl (C=O) groups is 2. The van der Waals surface area contributed by atoms with E-state index in [1.807, 2.05) is 21.1 Å². The minimum Gasteiger partial charge on any atom is -0.550 e. The fourth-order valence-corrected chi connectivity index (χ4v) is 4.89. The van der Waals surface area contributed by atoms with Crippen LogP contribution in [-0.4, -0.2) is 50.2 Å². The molecule has 0 amide bonds. The standard InChI is InChI=1S/C31H61NO4/c1-5-6-7-8-9-10-11-12-13-14-15-16-17-18-19-20-21-22-23-24-25-26-31(35)36-29(27-30(33)34)28-32(2,3)4/h29H,5-28H2,1-4H3/t29-/m1/s1. The van der Waals surface area contributed by atoms with Crippen LogP contribution in [0, 0.1) is 0 Å². The third kappa shape index (κ3) is 27.5. The lowest BCUT2D eigenvalue weighted by Gasteiger charge is -2.29. The van der Waals surface area contributed by atoms with Crippen LogP contribution in [0.15, 0.2) is 0 Å². The second-order valence-electron chi connectivity index (χ2n) is 12.0. The van der Waals surface area contributed by atoms with E-state index in [9.17, 15) is 14.7 Å². The lowest BCUT2D eigenvalue weighted by molar-refractivity contribution is -0.873. The zero-order chi connectivity index (χ0) is 26.9. The molecule has 0 aliphatic heterocycles. The van der Waals surface area contributed by atoms with E-state index >= 15 is 0 Å². The van der Waals surface area contributed by atoms with Gasteiger partial charge in [-0.1, -0.05) is 135 Å². The van der Waals surface area contributed by atoms with Crippen molar-refractivity contribution in [3.8, 4) is 0 Å².